The number of nitrogens with two attached hydrogens (primary N) is 1. The third kappa shape index (κ3) is 2.18. The Labute approximate surface area is 166 Å². The van der Waals surface area contributed by atoms with Crippen molar-refractivity contribution in [1.29, 1.82) is 5.26 Å². The second kappa shape index (κ2) is 5.44. The largest absolute Gasteiger partial charge is 0.456 e. The van der Waals surface area contributed by atoms with Gasteiger partial charge in [0.1, 0.15) is 30.1 Å². The van der Waals surface area contributed by atoms with Crippen molar-refractivity contribution in [2.75, 3.05) is 5.73 Å². The molecule has 1 saturated carbocycles. The molecule has 2 aromatic heterocycles. The molecule has 10 heteroatoms. The molecule has 2 N–H and O–H groups in total. The van der Waals surface area contributed by atoms with Gasteiger partial charge >= 0.3 is 5.97 Å². The fraction of sp³-hybridized carbons (Fsp3) is 0.579. The van der Waals surface area contributed by atoms with Gasteiger partial charge in [0.05, 0.1) is 11.6 Å². The van der Waals surface area contributed by atoms with Gasteiger partial charge in [0, 0.05) is 0 Å². The molecule has 5 atom stereocenters. The van der Waals surface area contributed by atoms with Crippen LogP contribution in [0, 0.1) is 17.2 Å². The Morgan fingerprint density at radius 3 is 2.83 bits per heavy atom. The number of nitrogen functional groups attached to an aromatic ring is 1. The van der Waals surface area contributed by atoms with Crippen LogP contribution in [0.1, 0.15) is 33.4 Å². The molecule has 0 aromatic carbocycles. The molecule has 2 saturated heterocycles. The van der Waals surface area contributed by atoms with Gasteiger partial charge < -0.3 is 24.7 Å². The second-order valence-corrected chi connectivity index (χ2v) is 8.41. The number of carbonyl (C=O) groups excluding carboxylic acids is 1. The van der Waals surface area contributed by atoms with Gasteiger partial charge in [-0.1, -0.05) is 13.8 Å². The first-order chi connectivity index (χ1) is 13.7. The summed E-state index contributed by atoms with van der Waals surface area (Å²) in [6, 6.07) is 5.70. The van der Waals surface area contributed by atoms with E-state index in [1.54, 1.807) is 39.8 Å². The fourth-order valence-corrected chi connectivity index (χ4v) is 4.42. The number of nitrogens with zero attached hydrogens (tertiary/aromatic N) is 4. The second-order valence-electron chi connectivity index (χ2n) is 8.41. The van der Waals surface area contributed by atoms with Crippen LogP contribution in [0.25, 0.3) is 5.52 Å². The third-order valence-electron chi connectivity index (χ3n) is 5.71. The normalized spacial score (nSPS) is 36.6. The van der Waals surface area contributed by atoms with Gasteiger partial charge in [0.2, 0.25) is 5.60 Å². The zero-order valence-electron chi connectivity index (χ0n) is 16.4. The fourth-order valence-electron chi connectivity index (χ4n) is 4.42. The number of ether oxygens (including phenoxy) is 4. The van der Waals surface area contributed by atoms with Gasteiger partial charge in [0.15, 0.2) is 23.3 Å². The average molecular weight is 399 g/mol. The maximum atomic E-state index is 12.2. The van der Waals surface area contributed by atoms with Crippen LogP contribution >= 0.6 is 0 Å². The van der Waals surface area contributed by atoms with Crippen molar-refractivity contribution >= 4 is 17.3 Å². The molecule has 3 fully saturated rings. The molecular weight excluding hydrogens is 378 g/mol. The quantitative estimate of drug-likeness (QED) is 0.747. The van der Waals surface area contributed by atoms with E-state index in [-0.39, 0.29) is 17.7 Å². The highest BCUT2D eigenvalue weighted by Gasteiger charge is 2.89. The monoisotopic (exact) mass is 399 g/mol. The van der Waals surface area contributed by atoms with Gasteiger partial charge in [-0.25, -0.2) is 9.50 Å². The van der Waals surface area contributed by atoms with E-state index in [2.05, 4.69) is 16.2 Å². The summed E-state index contributed by atoms with van der Waals surface area (Å²) in [4.78, 5) is 16.1. The standard InChI is InChI=1S/C19H21N5O5/c1-9(2)15(25)26-12-13-19(12)16(28-17(3,4)29-19)18(7-20,27-13)11-6-5-10-14(21)22-8-23-24(10)11/h5-6,8-9,12-13,16H,1-4H3,(H2,21,22,23)/t12?,13-,16+,18+,19-/m1/s1. The molecule has 2 aliphatic heterocycles. The molecule has 4 heterocycles. The van der Waals surface area contributed by atoms with E-state index in [1.807, 2.05) is 0 Å². The average Bonchev–Trinajstić information content (AvgIpc) is 3.01. The predicted octanol–water partition coefficient (Wildman–Crippen LogP) is 0.901. The number of fused-ring (bicyclic) bond motifs is 1. The van der Waals surface area contributed by atoms with E-state index in [1.165, 1.54) is 10.8 Å². The first kappa shape index (κ1) is 18.3. The molecule has 29 heavy (non-hydrogen) atoms. The highest BCUT2D eigenvalue weighted by molar-refractivity contribution is 5.72. The molecule has 1 aliphatic carbocycles. The van der Waals surface area contributed by atoms with Crippen LogP contribution in [0.3, 0.4) is 0 Å². The Morgan fingerprint density at radius 2 is 2.14 bits per heavy atom. The minimum absolute atomic E-state index is 0.282. The molecule has 10 nitrogen and oxygen atoms in total. The van der Waals surface area contributed by atoms with Crippen molar-refractivity contribution < 1.29 is 23.7 Å². The lowest BCUT2D eigenvalue weighted by molar-refractivity contribution is -0.188. The zero-order chi connectivity index (χ0) is 20.8. The number of anilines is 1. The summed E-state index contributed by atoms with van der Waals surface area (Å²) in [6.45, 7) is 7.02. The Hall–Kier alpha value is -2.74. The molecule has 1 spiro atoms. The van der Waals surface area contributed by atoms with E-state index in [0.717, 1.165) is 0 Å². The summed E-state index contributed by atoms with van der Waals surface area (Å²) in [6.07, 6.45) is -0.775. The van der Waals surface area contributed by atoms with Crippen molar-refractivity contribution in [3.63, 3.8) is 0 Å². The zero-order valence-corrected chi connectivity index (χ0v) is 16.4. The lowest BCUT2D eigenvalue weighted by atomic mass is 9.90. The summed E-state index contributed by atoms with van der Waals surface area (Å²) in [5.74, 6) is -1.35. The molecule has 0 amide bonds. The molecule has 1 unspecified atom stereocenters. The lowest BCUT2D eigenvalue weighted by Crippen LogP contribution is -2.46. The van der Waals surface area contributed by atoms with Gasteiger partial charge in [-0.2, -0.15) is 10.4 Å². The summed E-state index contributed by atoms with van der Waals surface area (Å²) in [5, 5.41) is 14.5. The number of aromatic nitrogens is 3. The first-order valence-corrected chi connectivity index (χ1v) is 9.42. The van der Waals surface area contributed by atoms with E-state index < -0.39 is 35.3 Å². The maximum Gasteiger partial charge on any atom is 0.308 e. The van der Waals surface area contributed by atoms with Crippen molar-refractivity contribution in [2.45, 2.75) is 63.0 Å². The van der Waals surface area contributed by atoms with Crippen LogP contribution in [-0.4, -0.2) is 50.3 Å². The highest BCUT2D eigenvalue weighted by Crippen LogP contribution is 2.67. The SMILES string of the molecule is CC(C)C(=O)OC1[C@H]2O[C@@](C#N)(c3ccc4c(N)ncnn34)[C@@H]3OC(C)(C)O[C@]123. The van der Waals surface area contributed by atoms with Gasteiger partial charge in [-0.15, -0.1) is 0 Å². The van der Waals surface area contributed by atoms with Crippen molar-refractivity contribution in [3.05, 3.63) is 24.2 Å². The van der Waals surface area contributed by atoms with Crippen molar-refractivity contribution in [3.8, 4) is 6.07 Å². The van der Waals surface area contributed by atoms with E-state index >= 15 is 0 Å². The summed E-state index contributed by atoms with van der Waals surface area (Å²) in [5.41, 5.74) is 4.38. The lowest BCUT2D eigenvalue weighted by Gasteiger charge is -2.30. The Balaban J connectivity index is 1.60. The van der Waals surface area contributed by atoms with Crippen LogP contribution in [0.5, 0.6) is 0 Å². The van der Waals surface area contributed by atoms with Gasteiger partial charge in [-0.05, 0) is 26.0 Å². The Bertz CT molecular complexity index is 1070. The van der Waals surface area contributed by atoms with Crippen molar-refractivity contribution in [2.24, 2.45) is 5.92 Å². The van der Waals surface area contributed by atoms with E-state index in [9.17, 15) is 10.1 Å². The third-order valence-corrected chi connectivity index (χ3v) is 5.71. The maximum absolute atomic E-state index is 12.2. The predicted molar refractivity (Wildman–Crippen MR) is 97.0 cm³/mol. The summed E-state index contributed by atoms with van der Waals surface area (Å²) < 4.78 is 25.7. The Morgan fingerprint density at radius 1 is 1.38 bits per heavy atom. The first-order valence-electron chi connectivity index (χ1n) is 9.42. The number of nitriles is 1. The number of esters is 1. The Kier molecular flexibility index (Phi) is 3.43. The smallest absolute Gasteiger partial charge is 0.308 e. The number of hydrogen-bond donors (Lipinski definition) is 1. The minimum atomic E-state index is -1.51. The van der Waals surface area contributed by atoms with E-state index in [4.69, 9.17) is 24.7 Å². The van der Waals surface area contributed by atoms with Gasteiger partial charge in [-0.3, -0.25) is 4.79 Å². The molecule has 2 aromatic rings. The summed E-state index contributed by atoms with van der Waals surface area (Å²) >= 11 is 0. The molecule has 152 valence electrons. The molecule has 0 bridgehead atoms. The number of carbonyl (C=O) groups is 1. The van der Waals surface area contributed by atoms with E-state index in [0.29, 0.717) is 11.2 Å². The molecular formula is C19H21N5O5. The molecule has 5 rings (SSSR count). The van der Waals surface area contributed by atoms with Crippen LogP contribution in [0.4, 0.5) is 5.82 Å². The van der Waals surface area contributed by atoms with Crippen LogP contribution in [0.2, 0.25) is 0 Å². The highest BCUT2D eigenvalue weighted by atomic mass is 16.8. The van der Waals surface area contributed by atoms with Crippen LogP contribution in [0.15, 0.2) is 18.5 Å². The van der Waals surface area contributed by atoms with Crippen LogP contribution < -0.4 is 5.73 Å². The van der Waals surface area contributed by atoms with Crippen molar-refractivity contribution in [1.82, 2.24) is 14.6 Å². The summed E-state index contributed by atoms with van der Waals surface area (Å²) in [7, 11) is 0. The minimum Gasteiger partial charge on any atom is -0.456 e. The van der Waals surface area contributed by atoms with Crippen LogP contribution in [-0.2, 0) is 29.3 Å². The number of rotatable bonds is 3. The molecule has 3 aliphatic rings. The van der Waals surface area contributed by atoms with Gasteiger partial charge in [0.25, 0.3) is 0 Å². The molecule has 0 radical (unpaired) electrons. The topological polar surface area (TPSA) is 134 Å². The number of hydrogen-bond acceptors (Lipinski definition) is 9.